The van der Waals surface area contributed by atoms with Crippen LogP contribution in [0.2, 0.25) is 0 Å². The van der Waals surface area contributed by atoms with Crippen LogP contribution < -0.4 is 0 Å². The van der Waals surface area contributed by atoms with Gasteiger partial charge in [0.05, 0.1) is 50.8 Å². The van der Waals surface area contributed by atoms with Crippen molar-refractivity contribution in [2.45, 2.75) is 133 Å². The number of hydrogen-bond acceptors (Lipinski definition) is 4. The van der Waals surface area contributed by atoms with Gasteiger partial charge in [-0.15, -0.1) is 0 Å². The first-order chi connectivity index (χ1) is 15.2. The summed E-state index contributed by atoms with van der Waals surface area (Å²) >= 11 is 0. The van der Waals surface area contributed by atoms with Gasteiger partial charge in [-0.25, -0.2) is 0 Å². The first-order valence-electron chi connectivity index (χ1n) is 13.7. The molecule has 4 heteroatoms. The summed E-state index contributed by atoms with van der Waals surface area (Å²) in [6.45, 7) is 29.3. The van der Waals surface area contributed by atoms with Gasteiger partial charge in [-0.3, -0.25) is 0 Å². The first-order valence-corrected chi connectivity index (χ1v) is 13.7. The lowest BCUT2D eigenvalue weighted by Gasteiger charge is -2.10. The minimum Gasteiger partial charge on any atom is -0.375 e. The van der Waals surface area contributed by atoms with Gasteiger partial charge in [0.1, 0.15) is 0 Å². The Bertz CT molecular complexity index is 318. The van der Waals surface area contributed by atoms with Crippen molar-refractivity contribution in [2.24, 2.45) is 23.7 Å². The smallest absolute Gasteiger partial charge is 0.0887 e. The van der Waals surface area contributed by atoms with Crippen LogP contribution in [0.1, 0.15) is 109 Å². The molecule has 4 heterocycles. The van der Waals surface area contributed by atoms with Crippen molar-refractivity contribution < 1.29 is 18.9 Å². The van der Waals surface area contributed by atoms with Crippen LogP contribution in [0.25, 0.3) is 0 Å². The summed E-state index contributed by atoms with van der Waals surface area (Å²) in [6.07, 6.45) is 6.59. The minimum atomic E-state index is 0.398. The Morgan fingerprint density at radius 1 is 0.375 bits per heavy atom. The summed E-state index contributed by atoms with van der Waals surface area (Å²) in [4.78, 5) is 0. The number of rotatable bonds is 0. The molecule has 4 rings (SSSR count). The fourth-order valence-electron chi connectivity index (χ4n) is 3.76. The maximum absolute atomic E-state index is 5.58. The summed E-state index contributed by atoms with van der Waals surface area (Å²) in [5.41, 5.74) is 0. The molecule has 4 unspecified atom stereocenters. The van der Waals surface area contributed by atoms with E-state index in [9.17, 15) is 0 Å². The van der Waals surface area contributed by atoms with Crippen LogP contribution in [0.3, 0.4) is 0 Å². The molecule has 32 heavy (non-hydrogen) atoms. The van der Waals surface area contributed by atoms with Crippen LogP contribution in [0.15, 0.2) is 0 Å². The van der Waals surface area contributed by atoms with E-state index in [1.165, 1.54) is 25.7 Å². The van der Waals surface area contributed by atoms with E-state index in [1.54, 1.807) is 0 Å². The van der Waals surface area contributed by atoms with Gasteiger partial charge >= 0.3 is 0 Å². The fourth-order valence-corrected chi connectivity index (χ4v) is 3.76. The highest BCUT2D eigenvalue weighted by atomic mass is 16.6. The van der Waals surface area contributed by atoms with Gasteiger partial charge in [-0.1, -0.05) is 109 Å². The van der Waals surface area contributed by atoms with Crippen molar-refractivity contribution in [3.05, 3.63) is 0 Å². The summed E-state index contributed by atoms with van der Waals surface area (Å²) in [7, 11) is 0. The normalized spacial score (nSPS) is 35.6. The summed E-state index contributed by atoms with van der Waals surface area (Å²) < 4.78 is 22.3. The Labute approximate surface area is 202 Å². The molecule has 4 aliphatic rings. The van der Waals surface area contributed by atoms with Gasteiger partial charge in [-0.2, -0.15) is 0 Å². The van der Waals surface area contributed by atoms with E-state index in [-0.39, 0.29) is 0 Å². The highest BCUT2D eigenvalue weighted by molar-refractivity contribution is 4.91. The first kappa shape index (κ1) is 34.0. The van der Waals surface area contributed by atoms with E-state index in [0.717, 1.165) is 26.4 Å². The monoisotopic (exact) mass is 460 g/mol. The molecule has 8 atom stereocenters. The van der Waals surface area contributed by atoms with Crippen molar-refractivity contribution in [2.75, 3.05) is 26.4 Å². The second kappa shape index (κ2) is 21.4. The van der Waals surface area contributed by atoms with Crippen molar-refractivity contribution in [1.29, 1.82) is 0 Å². The Morgan fingerprint density at radius 3 is 0.625 bits per heavy atom. The van der Waals surface area contributed by atoms with Gasteiger partial charge in [0.2, 0.25) is 0 Å². The standard InChI is InChI=1S/2C8H14O2.4C3H8/c2*1-5-3-9-8-6(2)4-10-7(5)8;4*1-3-2/h2*5-8H,3-4H2,1-2H3;4*3H2,1-2H3/t5-,6+,7?,8?;5-,6-,7?,8?;;;;/m.1..../s1. The Balaban J connectivity index is 0. The van der Waals surface area contributed by atoms with Crippen molar-refractivity contribution in [1.82, 2.24) is 0 Å². The van der Waals surface area contributed by atoms with Crippen molar-refractivity contribution in [3.8, 4) is 0 Å². The van der Waals surface area contributed by atoms with E-state index >= 15 is 0 Å². The molecular weight excluding hydrogens is 400 g/mol. The lowest BCUT2D eigenvalue weighted by molar-refractivity contribution is 0.0627. The summed E-state index contributed by atoms with van der Waals surface area (Å²) in [6, 6.07) is 0. The van der Waals surface area contributed by atoms with E-state index in [2.05, 4.69) is 83.1 Å². The third-order valence-corrected chi connectivity index (χ3v) is 5.10. The lowest BCUT2D eigenvalue weighted by atomic mass is 9.99. The highest BCUT2D eigenvalue weighted by Gasteiger charge is 2.44. The third-order valence-electron chi connectivity index (χ3n) is 5.10. The average molecular weight is 461 g/mol. The molecule has 0 aliphatic carbocycles. The molecule has 4 saturated heterocycles. The number of hydrogen-bond donors (Lipinski definition) is 0. The number of fused-ring (bicyclic) bond motifs is 2. The van der Waals surface area contributed by atoms with E-state index < -0.39 is 0 Å². The lowest BCUT2D eigenvalue weighted by Crippen LogP contribution is -2.23. The van der Waals surface area contributed by atoms with E-state index in [4.69, 9.17) is 18.9 Å². The topological polar surface area (TPSA) is 36.9 Å². The van der Waals surface area contributed by atoms with Crippen LogP contribution in [-0.2, 0) is 18.9 Å². The maximum atomic E-state index is 5.58. The molecule has 4 fully saturated rings. The molecule has 0 spiro atoms. The quantitative estimate of drug-likeness (QED) is 0.370. The number of ether oxygens (including phenoxy) is 4. The molecule has 0 amide bonds. The molecule has 0 saturated carbocycles. The predicted octanol–water partition coefficient (Wildman–Crippen LogP) is 7.78. The van der Waals surface area contributed by atoms with Crippen LogP contribution in [0.5, 0.6) is 0 Å². The van der Waals surface area contributed by atoms with Crippen LogP contribution in [0.4, 0.5) is 0 Å². The van der Waals surface area contributed by atoms with Crippen molar-refractivity contribution in [3.63, 3.8) is 0 Å². The molecular formula is C28H60O4. The minimum absolute atomic E-state index is 0.398. The highest BCUT2D eigenvalue weighted by Crippen LogP contribution is 2.34. The zero-order valence-corrected chi connectivity index (χ0v) is 23.9. The second-order valence-corrected chi connectivity index (χ2v) is 9.93. The van der Waals surface area contributed by atoms with Gasteiger partial charge in [0.15, 0.2) is 0 Å². The molecule has 0 aromatic heterocycles. The van der Waals surface area contributed by atoms with Crippen molar-refractivity contribution >= 4 is 0 Å². The molecule has 0 aromatic rings. The van der Waals surface area contributed by atoms with Gasteiger partial charge < -0.3 is 18.9 Å². The molecule has 0 N–H and O–H groups in total. The Kier molecular flexibility index (Phi) is 22.7. The van der Waals surface area contributed by atoms with Gasteiger partial charge in [0, 0.05) is 23.7 Å². The zero-order valence-electron chi connectivity index (χ0n) is 23.9. The van der Waals surface area contributed by atoms with Crippen LogP contribution >= 0.6 is 0 Å². The largest absolute Gasteiger partial charge is 0.375 e. The molecule has 196 valence electrons. The van der Waals surface area contributed by atoms with Gasteiger partial charge in [-0.05, 0) is 0 Å². The zero-order chi connectivity index (χ0) is 25.1. The maximum Gasteiger partial charge on any atom is 0.0887 e. The van der Waals surface area contributed by atoms with Gasteiger partial charge in [0.25, 0.3) is 0 Å². The SMILES string of the molecule is CCC.CCC.CCC.CCC.C[C@@H]1COC2C1OC[C@@H]2C.C[C@@H]1COC2C1OC[C@H]2C. The van der Waals surface area contributed by atoms with E-state index in [1.807, 2.05) is 0 Å². The Hall–Kier alpha value is -0.160. The molecule has 4 nitrogen and oxygen atoms in total. The van der Waals surface area contributed by atoms with E-state index in [0.29, 0.717) is 48.1 Å². The predicted molar refractivity (Wildman–Crippen MR) is 139 cm³/mol. The van der Waals surface area contributed by atoms with Crippen LogP contribution in [0, 0.1) is 23.7 Å². The second-order valence-electron chi connectivity index (χ2n) is 9.93. The molecule has 4 aliphatic heterocycles. The summed E-state index contributed by atoms with van der Waals surface area (Å²) in [5.74, 6) is 2.43. The average Bonchev–Trinajstić information content (AvgIpc) is 3.48. The fraction of sp³-hybridized carbons (Fsp3) is 1.00. The molecule has 0 aromatic carbocycles. The van der Waals surface area contributed by atoms with Crippen LogP contribution in [-0.4, -0.2) is 50.8 Å². The third kappa shape index (κ3) is 12.9. The molecule has 0 radical (unpaired) electrons. The molecule has 0 bridgehead atoms. The Morgan fingerprint density at radius 2 is 0.500 bits per heavy atom. The summed E-state index contributed by atoms with van der Waals surface area (Å²) in [5, 5.41) is 0.